The molecular weight excluding hydrogens is 278 g/mol. The van der Waals surface area contributed by atoms with E-state index < -0.39 is 23.6 Å². The SMILES string of the molecule is CC(Oc1cc(F)cc(F)c1)C(=O)Nc1ccccc1N. The van der Waals surface area contributed by atoms with Crippen LogP contribution in [0.15, 0.2) is 42.5 Å². The molecule has 0 aliphatic rings. The van der Waals surface area contributed by atoms with Crippen molar-refractivity contribution in [2.75, 3.05) is 11.1 Å². The standard InChI is InChI=1S/C15H14F2N2O2/c1-9(21-12-7-10(16)6-11(17)8-12)15(20)19-14-5-3-2-4-13(14)18/h2-9H,18H2,1H3,(H,19,20). The lowest BCUT2D eigenvalue weighted by atomic mass is 10.2. The second-order valence-corrected chi connectivity index (χ2v) is 4.44. The number of hydrogen-bond acceptors (Lipinski definition) is 3. The van der Waals surface area contributed by atoms with Gasteiger partial charge < -0.3 is 15.8 Å². The number of nitrogens with two attached hydrogens (primary N) is 1. The number of anilines is 2. The molecule has 1 unspecified atom stereocenters. The first-order chi connectivity index (χ1) is 9.95. The monoisotopic (exact) mass is 292 g/mol. The fourth-order valence-electron chi connectivity index (χ4n) is 1.70. The minimum atomic E-state index is -0.939. The number of carbonyl (C=O) groups is 1. The maximum Gasteiger partial charge on any atom is 0.265 e. The fourth-order valence-corrected chi connectivity index (χ4v) is 1.70. The molecule has 0 saturated carbocycles. The Morgan fingerprint density at radius 1 is 1.19 bits per heavy atom. The first-order valence-corrected chi connectivity index (χ1v) is 6.24. The molecular formula is C15H14F2N2O2. The molecule has 0 radical (unpaired) electrons. The predicted molar refractivity (Wildman–Crippen MR) is 75.9 cm³/mol. The lowest BCUT2D eigenvalue weighted by molar-refractivity contribution is -0.122. The van der Waals surface area contributed by atoms with E-state index in [2.05, 4.69) is 5.32 Å². The molecule has 2 aromatic rings. The van der Waals surface area contributed by atoms with E-state index in [9.17, 15) is 13.6 Å². The Bertz CT molecular complexity index is 642. The molecule has 4 nitrogen and oxygen atoms in total. The summed E-state index contributed by atoms with van der Waals surface area (Å²) in [5, 5.41) is 2.58. The Morgan fingerprint density at radius 3 is 2.43 bits per heavy atom. The van der Waals surface area contributed by atoms with Crippen LogP contribution in [0.3, 0.4) is 0 Å². The minimum Gasteiger partial charge on any atom is -0.481 e. The number of hydrogen-bond donors (Lipinski definition) is 2. The van der Waals surface area contributed by atoms with Crippen molar-refractivity contribution in [2.24, 2.45) is 0 Å². The predicted octanol–water partition coefficient (Wildman–Crippen LogP) is 2.95. The second kappa shape index (κ2) is 6.21. The van der Waals surface area contributed by atoms with Gasteiger partial charge in [0.05, 0.1) is 11.4 Å². The second-order valence-electron chi connectivity index (χ2n) is 4.44. The van der Waals surface area contributed by atoms with Crippen LogP contribution in [0.5, 0.6) is 5.75 Å². The Kier molecular flexibility index (Phi) is 4.37. The van der Waals surface area contributed by atoms with Crippen molar-refractivity contribution < 1.29 is 18.3 Å². The average Bonchev–Trinajstić information content (AvgIpc) is 2.40. The van der Waals surface area contributed by atoms with Crippen LogP contribution >= 0.6 is 0 Å². The summed E-state index contributed by atoms with van der Waals surface area (Å²) in [6, 6.07) is 9.47. The van der Waals surface area contributed by atoms with Gasteiger partial charge in [0.1, 0.15) is 17.4 Å². The van der Waals surface area contributed by atoms with Crippen molar-refractivity contribution in [1.82, 2.24) is 0 Å². The Hall–Kier alpha value is -2.63. The van der Waals surface area contributed by atoms with Crippen LogP contribution in [0, 0.1) is 11.6 Å². The third-order valence-electron chi connectivity index (χ3n) is 2.74. The number of nitrogens with one attached hydrogen (secondary N) is 1. The van der Waals surface area contributed by atoms with Crippen molar-refractivity contribution in [3.05, 3.63) is 54.1 Å². The number of carbonyl (C=O) groups excluding carboxylic acids is 1. The molecule has 0 aliphatic carbocycles. The molecule has 0 heterocycles. The lowest BCUT2D eigenvalue weighted by Gasteiger charge is -2.15. The van der Waals surface area contributed by atoms with Gasteiger partial charge in [-0.15, -0.1) is 0 Å². The van der Waals surface area contributed by atoms with Gasteiger partial charge in [0.2, 0.25) is 0 Å². The van der Waals surface area contributed by atoms with Crippen molar-refractivity contribution in [3.63, 3.8) is 0 Å². The highest BCUT2D eigenvalue weighted by atomic mass is 19.1. The first-order valence-electron chi connectivity index (χ1n) is 6.24. The normalized spacial score (nSPS) is 11.8. The van der Waals surface area contributed by atoms with Crippen LogP contribution in [0.25, 0.3) is 0 Å². The molecule has 0 saturated heterocycles. The van der Waals surface area contributed by atoms with Gasteiger partial charge >= 0.3 is 0 Å². The molecule has 0 bridgehead atoms. The van der Waals surface area contributed by atoms with Crippen molar-refractivity contribution in [3.8, 4) is 5.75 Å². The van der Waals surface area contributed by atoms with Crippen LogP contribution < -0.4 is 15.8 Å². The van der Waals surface area contributed by atoms with Gasteiger partial charge in [0.15, 0.2) is 6.10 Å². The largest absolute Gasteiger partial charge is 0.481 e. The van der Waals surface area contributed by atoms with E-state index in [1.807, 2.05) is 0 Å². The Labute approximate surface area is 120 Å². The van der Waals surface area contributed by atoms with E-state index in [1.165, 1.54) is 6.92 Å². The van der Waals surface area contributed by atoms with E-state index in [0.29, 0.717) is 11.4 Å². The van der Waals surface area contributed by atoms with E-state index in [0.717, 1.165) is 18.2 Å². The summed E-state index contributed by atoms with van der Waals surface area (Å²) >= 11 is 0. The molecule has 21 heavy (non-hydrogen) atoms. The van der Waals surface area contributed by atoms with Crippen molar-refractivity contribution in [1.29, 1.82) is 0 Å². The Balaban J connectivity index is 2.04. The summed E-state index contributed by atoms with van der Waals surface area (Å²) in [7, 11) is 0. The van der Waals surface area contributed by atoms with Crippen molar-refractivity contribution >= 4 is 17.3 Å². The number of ether oxygens (including phenoxy) is 1. The smallest absolute Gasteiger partial charge is 0.265 e. The zero-order valence-corrected chi connectivity index (χ0v) is 11.3. The van der Waals surface area contributed by atoms with E-state index in [-0.39, 0.29) is 5.75 Å². The van der Waals surface area contributed by atoms with Gasteiger partial charge in [-0.2, -0.15) is 0 Å². The average molecular weight is 292 g/mol. The van der Waals surface area contributed by atoms with Gasteiger partial charge in [-0.1, -0.05) is 12.1 Å². The van der Waals surface area contributed by atoms with Crippen LogP contribution in [0.4, 0.5) is 20.2 Å². The molecule has 110 valence electrons. The zero-order chi connectivity index (χ0) is 15.4. The van der Waals surface area contributed by atoms with Gasteiger partial charge in [-0.05, 0) is 19.1 Å². The number of nitrogen functional groups attached to an aromatic ring is 1. The van der Waals surface area contributed by atoms with Crippen LogP contribution in [-0.2, 0) is 4.79 Å². The maximum atomic E-state index is 13.0. The highest BCUT2D eigenvalue weighted by Gasteiger charge is 2.16. The molecule has 0 spiro atoms. The molecule has 6 heteroatoms. The van der Waals surface area contributed by atoms with E-state index in [1.54, 1.807) is 24.3 Å². The highest BCUT2D eigenvalue weighted by Crippen LogP contribution is 2.19. The molecule has 2 rings (SSSR count). The summed E-state index contributed by atoms with van der Waals surface area (Å²) in [4.78, 5) is 12.0. The van der Waals surface area contributed by atoms with E-state index in [4.69, 9.17) is 10.5 Å². The summed E-state index contributed by atoms with van der Waals surface area (Å²) in [5.41, 5.74) is 6.57. The molecule has 2 aromatic carbocycles. The summed E-state index contributed by atoms with van der Waals surface area (Å²) in [5.74, 6) is -2.08. The number of para-hydroxylation sites is 2. The van der Waals surface area contributed by atoms with Gasteiger partial charge in [-0.3, -0.25) is 4.79 Å². The minimum absolute atomic E-state index is 0.0591. The van der Waals surface area contributed by atoms with Gasteiger partial charge in [0, 0.05) is 18.2 Å². The third kappa shape index (κ3) is 3.92. The number of rotatable bonds is 4. The Morgan fingerprint density at radius 2 is 1.81 bits per heavy atom. The lowest BCUT2D eigenvalue weighted by Crippen LogP contribution is -2.30. The van der Waals surface area contributed by atoms with Crippen molar-refractivity contribution in [2.45, 2.75) is 13.0 Å². The fraction of sp³-hybridized carbons (Fsp3) is 0.133. The summed E-state index contributed by atoms with van der Waals surface area (Å²) in [6.45, 7) is 1.47. The molecule has 1 atom stereocenters. The summed E-state index contributed by atoms with van der Waals surface area (Å²) in [6.07, 6.45) is -0.939. The number of amides is 1. The van der Waals surface area contributed by atoms with E-state index >= 15 is 0 Å². The molecule has 1 amide bonds. The van der Waals surface area contributed by atoms with Crippen LogP contribution in [0.1, 0.15) is 6.92 Å². The van der Waals surface area contributed by atoms with Gasteiger partial charge in [0.25, 0.3) is 5.91 Å². The molecule has 0 aromatic heterocycles. The van der Waals surface area contributed by atoms with Crippen LogP contribution in [0.2, 0.25) is 0 Å². The van der Waals surface area contributed by atoms with Crippen LogP contribution in [-0.4, -0.2) is 12.0 Å². The first kappa shape index (κ1) is 14.8. The number of benzene rings is 2. The molecule has 0 aliphatic heterocycles. The zero-order valence-electron chi connectivity index (χ0n) is 11.3. The molecule has 3 N–H and O–H groups in total. The highest BCUT2D eigenvalue weighted by molar-refractivity contribution is 5.96. The van der Waals surface area contributed by atoms with Gasteiger partial charge in [-0.25, -0.2) is 8.78 Å². The molecule has 0 fully saturated rings. The maximum absolute atomic E-state index is 13.0. The quantitative estimate of drug-likeness (QED) is 0.852. The third-order valence-corrected chi connectivity index (χ3v) is 2.74. The summed E-state index contributed by atoms with van der Waals surface area (Å²) < 4.78 is 31.3. The topological polar surface area (TPSA) is 64.3 Å². The number of halogens is 2.